The maximum Gasteiger partial charge on any atom is 0.321 e. The van der Waals surface area contributed by atoms with E-state index in [0.717, 1.165) is 0 Å². The van der Waals surface area contributed by atoms with Gasteiger partial charge in [-0.15, -0.1) is 0 Å². The van der Waals surface area contributed by atoms with E-state index in [4.69, 9.17) is 0 Å². The number of aromatic nitrogens is 2. The molecule has 1 fully saturated rings. The van der Waals surface area contributed by atoms with Crippen LogP contribution < -0.4 is 5.32 Å². The lowest BCUT2D eigenvalue weighted by molar-refractivity contribution is -0.150. The van der Waals surface area contributed by atoms with Crippen molar-refractivity contribution < 1.29 is 14.7 Å². The fourth-order valence-electron chi connectivity index (χ4n) is 2.11. The number of hydrogen-bond acceptors (Lipinski definition) is 3. The predicted molar refractivity (Wildman–Crippen MR) is 64.2 cm³/mol. The van der Waals surface area contributed by atoms with E-state index in [1.54, 1.807) is 13.1 Å². The molecule has 2 heterocycles. The third kappa shape index (κ3) is 2.44. The number of rotatable bonds is 2. The number of H-pyrrole nitrogens is 1. The fourth-order valence-corrected chi connectivity index (χ4v) is 2.11. The Morgan fingerprint density at radius 1 is 1.61 bits per heavy atom. The molecular formula is C11H16N4O3. The van der Waals surface area contributed by atoms with Gasteiger partial charge in [-0.05, 0) is 19.8 Å². The van der Waals surface area contributed by atoms with Gasteiger partial charge in [0.2, 0.25) is 0 Å². The molecule has 18 heavy (non-hydrogen) atoms. The minimum atomic E-state index is -0.858. The largest absolute Gasteiger partial charge is 0.481 e. The Morgan fingerprint density at radius 3 is 3.00 bits per heavy atom. The van der Waals surface area contributed by atoms with Crippen molar-refractivity contribution in [2.45, 2.75) is 19.8 Å². The number of likely N-dealkylation sites (tertiary alicyclic amines) is 1. The minimum absolute atomic E-state index is 0.228. The highest BCUT2D eigenvalue weighted by atomic mass is 16.4. The summed E-state index contributed by atoms with van der Waals surface area (Å²) in [5, 5.41) is 18.2. The smallest absolute Gasteiger partial charge is 0.321 e. The quantitative estimate of drug-likeness (QED) is 0.734. The molecule has 0 aromatic carbocycles. The van der Waals surface area contributed by atoms with Crippen LogP contribution in [0.4, 0.5) is 10.5 Å². The number of nitrogens with one attached hydrogen (secondary N) is 2. The third-order valence-corrected chi connectivity index (χ3v) is 3.25. The number of carboxylic acid groups (broad SMARTS) is 1. The van der Waals surface area contributed by atoms with E-state index in [2.05, 4.69) is 15.5 Å². The summed E-state index contributed by atoms with van der Waals surface area (Å²) < 4.78 is 0. The number of carbonyl (C=O) groups is 2. The van der Waals surface area contributed by atoms with Gasteiger partial charge in [-0.3, -0.25) is 9.89 Å². The van der Waals surface area contributed by atoms with Crippen LogP contribution in [-0.4, -0.2) is 45.3 Å². The summed E-state index contributed by atoms with van der Waals surface area (Å²) >= 11 is 0. The Hall–Kier alpha value is -2.05. The summed E-state index contributed by atoms with van der Waals surface area (Å²) in [7, 11) is 0. The van der Waals surface area contributed by atoms with Crippen LogP contribution >= 0.6 is 0 Å². The second-order valence-corrected chi connectivity index (χ2v) is 4.81. The summed E-state index contributed by atoms with van der Waals surface area (Å²) in [6.07, 6.45) is 4.36. The SMILES string of the molecule is CC1(C(=O)O)CCCN(C(=O)Nc2cn[nH]c2)C1. The maximum atomic E-state index is 12.0. The molecule has 0 saturated carbocycles. The first-order chi connectivity index (χ1) is 8.51. The summed E-state index contributed by atoms with van der Waals surface area (Å²) in [4.78, 5) is 24.7. The van der Waals surface area contributed by atoms with Crippen molar-refractivity contribution in [3.8, 4) is 0 Å². The van der Waals surface area contributed by atoms with E-state index in [1.807, 2.05) is 0 Å². The molecule has 7 heteroatoms. The molecule has 7 nitrogen and oxygen atoms in total. The number of aromatic amines is 1. The molecule has 1 saturated heterocycles. The van der Waals surface area contributed by atoms with Gasteiger partial charge >= 0.3 is 12.0 Å². The van der Waals surface area contributed by atoms with Crippen molar-refractivity contribution >= 4 is 17.7 Å². The molecule has 2 amide bonds. The lowest BCUT2D eigenvalue weighted by Gasteiger charge is -2.37. The van der Waals surface area contributed by atoms with Crippen LogP contribution in [0.25, 0.3) is 0 Å². The topological polar surface area (TPSA) is 98.3 Å². The predicted octanol–water partition coefficient (Wildman–Crippen LogP) is 1.13. The molecular weight excluding hydrogens is 236 g/mol. The Kier molecular flexibility index (Phi) is 3.22. The van der Waals surface area contributed by atoms with Crippen LogP contribution in [0.1, 0.15) is 19.8 Å². The fraction of sp³-hybridized carbons (Fsp3) is 0.545. The van der Waals surface area contributed by atoms with Crippen molar-refractivity contribution in [3.05, 3.63) is 12.4 Å². The van der Waals surface area contributed by atoms with E-state index in [9.17, 15) is 14.7 Å². The molecule has 0 spiro atoms. The van der Waals surface area contributed by atoms with Crippen LogP contribution in [0, 0.1) is 5.41 Å². The zero-order chi connectivity index (χ0) is 13.2. The van der Waals surface area contributed by atoms with Gasteiger partial charge < -0.3 is 15.3 Å². The highest BCUT2D eigenvalue weighted by Crippen LogP contribution is 2.29. The van der Waals surface area contributed by atoms with E-state index in [1.165, 1.54) is 11.1 Å². The minimum Gasteiger partial charge on any atom is -0.481 e. The first kappa shape index (κ1) is 12.4. The average Bonchev–Trinajstić information content (AvgIpc) is 2.81. The first-order valence-corrected chi connectivity index (χ1v) is 5.79. The molecule has 98 valence electrons. The lowest BCUT2D eigenvalue weighted by atomic mass is 9.82. The molecule has 2 rings (SSSR count). The molecule has 1 aromatic heterocycles. The molecule has 1 aliphatic heterocycles. The van der Waals surface area contributed by atoms with Crippen molar-refractivity contribution in [1.82, 2.24) is 15.1 Å². The van der Waals surface area contributed by atoms with Gasteiger partial charge in [0.25, 0.3) is 0 Å². The van der Waals surface area contributed by atoms with E-state index in [0.29, 0.717) is 25.1 Å². The summed E-state index contributed by atoms with van der Waals surface area (Å²) in [6, 6.07) is -0.288. The molecule has 1 aromatic rings. The molecule has 0 aliphatic carbocycles. The number of anilines is 1. The van der Waals surface area contributed by atoms with Gasteiger partial charge in [0.05, 0.1) is 17.3 Å². The highest BCUT2D eigenvalue weighted by molar-refractivity contribution is 5.89. The number of amides is 2. The van der Waals surface area contributed by atoms with Crippen LogP contribution in [0.3, 0.4) is 0 Å². The number of nitrogens with zero attached hydrogens (tertiary/aromatic N) is 2. The average molecular weight is 252 g/mol. The van der Waals surface area contributed by atoms with Crippen LogP contribution in [0.5, 0.6) is 0 Å². The summed E-state index contributed by atoms with van der Waals surface area (Å²) in [5.74, 6) is -0.858. The van der Waals surface area contributed by atoms with Gasteiger partial charge in [-0.2, -0.15) is 5.10 Å². The lowest BCUT2D eigenvalue weighted by Crippen LogP contribution is -2.49. The zero-order valence-electron chi connectivity index (χ0n) is 10.1. The number of piperidine rings is 1. The van der Waals surface area contributed by atoms with Gasteiger partial charge in [0, 0.05) is 19.3 Å². The van der Waals surface area contributed by atoms with Crippen molar-refractivity contribution in [1.29, 1.82) is 0 Å². The molecule has 1 unspecified atom stereocenters. The zero-order valence-corrected chi connectivity index (χ0v) is 10.1. The number of urea groups is 1. The molecule has 3 N–H and O–H groups in total. The standard InChI is InChI=1S/C11H16N4O3/c1-11(9(16)17)3-2-4-15(7-11)10(18)14-8-5-12-13-6-8/h5-6H,2-4,7H2,1H3,(H,12,13)(H,14,18)(H,16,17). The molecule has 0 radical (unpaired) electrons. The summed E-state index contributed by atoms with van der Waals surface area (Å²) in [5.41, 5.74) is -0.283. The monoisotopic (exact) mass is 252 g/mol. The van der Waals surface area contributed by atoms with E-state index in [-0.39, 0.29) is 12.6 Å². The molecule has 1 atom stereocenters. The number of hydrogen-bond donors (Lipinski definition) is 3. The molecule has 1 aliphatic rings. The second kappa shape index (κ2) is 4.67. The van der Waals surface area contributed by atoms with Crippen molar-refractivity contribution in [2.75, 3.05) is 18.4 Å². The Morgan fingerprint density at radius 2 is 2.39 bits per heavy atom. The Bertz CT molecular complexity index is 445. The normalized spacial score (nSPS) is 23.7. The highest BCUT2D eigenvalue weighted by Gasteiger charge is 2.39. The molecule has 0 bridgehead atoms. The van der Waals surface area contributed by atoms with Gasteiger partial charge in [-0.25, -0.2) is 4.79 Å². The van der Waals surface area contributed by atoms with Crippen LogP contribution in [0.2, 0.25) is 0 Å². The van der Waals surface area contributed by atoms with Crippen LogP contribution in [0.15, 0.2) is 12.4 Å². The Balaban J connectivity index is 2.00. The third-order valence-electron chi connectivity index (χ3n) is 3.25. The van der Waals surface area contributed by atoms with E-state index >= 15 is 0 Å². The first-order valence-electron chi connectivity index (χ1n) is 5.79. The number of carboxylic acids is 1. The van der Waals surface area contributed by atoms with Gasteiger partial charge in [-0.1, -0.05) is 0 Å². The van der Waals surface area contributed by atoms with Crippen molar-refractivity contribution in [3.63, 3.8) is 0 Å². The number of aliphatic carboxylic acids is 1. The Labute approximate surface area is 104 Å². The van der Waals surface area contributed by atoms with Gasteiger partial charge in [0.15, 0.2) is 0 Å². The van der Waals surface area contributed by atoms with Crippen LogP contribution in [-0.2, 0) is 4.79 Å². The summed E-state index contributed by atoms with van der Waals surface area (Å²) in [6.45, 7) is 2.48. The number of carbonyl (C=O) groups excluding carboxylic acids is 1. The maximum absolute atomic E-state index is 12.0. The second-order valence-electron chi connectivity index (χ2n) is 4.81. The van der Waals surface area contributed by atoms with E-state index < -0.39 is 11.4 Å². The van der Waals surface area contributed by atoms with Gasteiger partial charge in [0.1, 0.15) is 0 Å². The van der Waals surface area contributed by atoms with Crippen molar-refractivity contribution in [2.24, 2.45) is 5.41 Å².